The van der Waals surface area contributed by atoms with Crippen molar-refractivity contribution in [3.63, 3.8) is 0 Å². The topological polar surface area (TPSA) is 126 Å². The zero-order chi connectivity index (χ0) is 30.7. The number of benzene rings is 2. The van der Waals surface area contributed by atoms with Gasteiger partial charge in [-0.3, -0.25) is 4.79 Å². The Bertz CT molecular complexity index is 1690. The van der Waals surface area contributed by atoms with Gasteiger partial charge in [-0.1, -0.05) is 29.8 Å². The fourth-order valence-electron chi connectivity index (χ4n) is 4.40. The van der Waals surface area contributed by atoms with E-state index < -0.39 is 33.6 Å². The van der Waals surface area contributed by atoms with Gasteiger partial charge in [-0.25, -0.2) is 22.2 Å². The predicted octanol–water partition coefficient (Wildman–Crippen LogP) is 5.54. The normalized spacial score (nSPS) is 12.5. The summed E-state index contributed by atoms with van der Waals surface area (Å²) in [4.78, 5) is 29.0. The molecule has 0 aliphatic rings. The Morgan fingerprint density at radius 1 is 1.00 bits per heavy atom. The summed E-state index contributed by atoms with van der Waals surface area (Å²) in [5.74, 6) is -0.100. The first-order valence-corrected chi connectivity index (χ1v) is 14.8. The molecule has 11 heteroatoms. The molecule has 222 valence electrons. The third-order valence-electron chi connectivity index (χ3n) is 6.44. The minimum Gasteiger partial charge on any atom is -0.469 e. The van der Waals surface area contributed by atoms with Gasteiger partial charge in [0.15, 0.2) is 5.65 Å². The van der Waals surface area contributed by atoms with Crippen LogP contribution in [0.4, 0.5) is 4.79 Å². The maximum Gasteiger partial charge on any atom is 0.407 e. The fraction of sp³-hybridized carbons (Fsp3) is 0.323. The second-order valence-electron chi connectivity index (χ2n) is 11.0. The second-order valence-corrected chi connectivity index (χ2v) is 12.8. The molecule has 0 spiro atoms. The van der Waals surface area contributed by atoms with Crippen LogP contribution in [0.5, 0.6) is 11.5 Å². The SMILES string of the molecule is COC(=O)C(CNC(=O)OC(C)(C)C)Cc1ccc(Oc2ccnc3c2c(C)cn3S(=O)(=O)c2ccc(C)cc2)cc1. The zero-order valence-corrected chi connectivity index (χ0v) is 25.3. The van der Waals surface area contributed by atoms with Crippen molar-refractivity contribution in [3.05, 3.63) is 83.7 Å². The fourth-order valence-corrected chi connectivity index (χ4v) is 5.77. The quantitative estimate of drug-likeness (QED) is 0.251. The number of fused-ring (bicyclic) bond motifs is 1. The first kappa shape index (κ1) is 30.6. The molecule has 0 saturated carbocycles. The van der Waals surface area contributed by atoms with Gasteiger partial charge in [0.25, 0.3) is 10.0 Å². The van der Waals surface area contributed by atoms with Gasteiger partial charge in [0.1, 0.15) is 17.1 Å². The van der Waals surface area contributed by atoms with E-state index in [1.54, 1.807) is 76.4 Å². The summed E-state index contributed by atoms with van der Waals surface area (Å²) in [7, 11) is -2.57. The highest BCUT2D eigenvalue weighted by molar-refractivity contribution is 7.90. The van der Waals surface area contributed by atoms with Crippen LogP contribution in [-0.4, -0.2) is 48.7 Å². The number of rotatable bonds is 9. The second kappa shape index (κ2) is 12.2. The summed E-state index contributed by atoms with van der Waals surface area (Å²) in [6, 6.07) is 15.5. The molecule has 0 aliphatic heterocycles. The number of nitrogens with one attached hydrogen (secondary N) is 1. The van der Waals surface area contributed by atoms with Crippen LogP contribution in [0.1, 0.15) is 37.5 Å². The number of methoxy groups -OCH3 is 1. The van der Waals surface area contributed by atoms with Crippen LogP contribution < -0.4 is 10.1 Å². The molecule has 1 amide bonds. The summed E-state index contributed by atoms with van der Waals surface area (Å²) in [6.07, 6.45) is 2.76. The highest BCUT2D eigenvalue weighted by Gasteiger charge is 2.24. The van der Waals surface area contributed by atoms with Gasteiger partial charge < -0.3 is 19.5 Å². The van der Waals surface area contributed by atoms with Gasteiger partial charge in [-0.15, -0.1) is 0 Å². The monoisotopic (exact) mass is 593 g/mol. The van der Waals surface area contributed by atoms with Crippen molar-refractivity contribution in [2.24, 2.45) is 5.92 Å². The molecule has 2 aromatic carbocycles. The molecule has 0 radical (unpaired) electrons. The van der Waals surface area contributed by atoms with E-state index >= 15 is 0 Å². The molecule has 0 saturated heterocycles. The van der Waals surface area contributed by atoms with E-state index in [4.69, 9.17) is 14.2 Å². The van der Waals surface area contributed by atoms with E-state index in [-0.39, 0.29) is 17.1 Å². The number of esters is 1. The van der Waals surface area contributed by atoms with Crippen LogP contribution in [0.15, 0.2) is 71.9 Å². The first-order chi connectivity index (χ1) is 19.8. The summed E-state index contributed by atoms with van der Waals surface area (Å²) in [5, 5.41) is 3.21. The number of aryl methyl sites for hydroxylation is 2. The smallest absolute Gasteiger partial charge is 0.407 e. The number of carbonyl (C=O) groups excluding carboxylic acids is 2. The van der Waals surface area contributed by atoms with Crippen molar-refractivity contribution in [2.45, 2.75) is 51.5 Å². The van der Waals surface area contributed by atoms with Crippen molar-refractivity contribution in [2.75, 3.05) is 13.7 Å². The average Bonchev–Trinajstić information content (AvgIpc) is 3.29. The molecule has 0 fully saturated rings. The van der Waals surface area contributed by atoms with E-state index in [9.17, 15) is 18.0 Å². The van der Waals surface area contributed by atoms with Gasteiger partial charge >= 0.3 is 12.1 Å². The maximum absolute atomic E-state index is 13.4. The Labute approximate surface area is 245 Å². The molecule has 2 heterocycles. The van der Waals surface area contributed by atoms with Crippen LogP contribution in [-0.2, 0) is 30.7 Å². The highest BCUT2D eigenvalue weighted by atomic mass is 32.2. The summed E-state index contributed by atoms with van der Waals surface area (Å²) < 4.78 is 44.3. The van der Waals surface area contributed by atoms with Gasteiger partial charge in [-0.2, -0.15) is 0 Å². The molecule has 0 aliphatic carbocycles. The number of ether oxygens (including phenoxy) is 3. The minimum atomic E-state index is -3.87. The highest BCUT2D eigenvalue weighted by Crippen LogP contribution is 2.34. The third-order valence-corrected chi connectivity index (χ3v) is 8.11. The van der Waals surface area contributed by atoms with Crippen LogP contribution in [0.2, 0.25) is 0 Å². The number of nitrogens with zero attached hydrogens (tertiary/aromatic N) is 2. The molecular weight excluding hydrogens is 558 g/mol. The third kappa shape index (κ3) is 7.09. The Morgan fingerprint density at radius 3 is 2.29 bits per heavy atom. The number of pyridine rings is 1. The molecular formula is C31H35N3O7S. The summed E-state index contributed by atoms with van der Waals surface area (Å²) >= 11 is 0. The molecule has 2 aromatic heterocycles. The van der Waals surface area contributed by atoms with Gasteiger partial charge in [0.05, 0.1) is 23.3 Å². The summed E-state index contributed by atoms with van der Waals surface area (Å²) in [6.45, 7) is 9.03. The van der Waals surface area contributed by atoms with Crippen molar-refractivity contribution in [1.29, 1.82) is 0 Å². The van der Waals surface area contributed by atoms with Crippen LogP contribution >= 0.6 is 0 Å². The van der Waals surface area contributed by atoms with E-state index in [2.05, 4.69) is 10.3 Å². The molecule has 1 unspecified atom stereocenters. The number of hydrogen-bond donors (Lipinski definition) is 1. The lowest BCUT2D eigenvalue weighted by Crippen LogP contribution is -2.38. The molecule has 10 nitrogen and oxygen atoms in total. The van der Waals surface area contributed by atoms with E-state index in [1.165, 1.54) is 17.3 Å². The van der Waals surface area contributed by atoms with Crippen LogP contribution in [0.25, 0.3) is 11.0 Å². The molecule has 1 N–H and O–H groups in total. The lowest BCUT2D eigenvalue weighted by Gasteiger charge is -2.21. The van der Waals surface area contributed by atoms with Crippen molar-refractivity contribution < 1.29 is 32.2 Å². The number of alkyl carbamates (subject to hydrolysis) is 1. The molecule has 4 aromatic rings. The van der Waals surface area contributed by atoms with Gasteiger partial charge in [0.2, 0.25) is 0 Å². The van der Waals surface area contributed by atoms with Crippen LogP contribution in [0.3, 0.4) is 0 Å². The number of amides is 1. The predicted molar refractivity (Wildman–Crippen MR) is 158 cm³/mol. The number of aromatic nitrogens is 2. The number of carbonyl (C=O) groups is 2. The molecule has 42 heavy (non-hydrogen) atoms. The van der Waals surface area contributed by atoms with Crippen molar-refractivity contribution >= 4 is 33.1 Å². The molecule has 1 atom stereocenters. The van der Waals surface area contributed by atoms with Crippen LogP contribution in [0, 0.1) is 19.8 Å². The average molecular weight is 594 g/mol. The van der Waals surface area contributed by atoms with E-state index in [0.29, 0.717) is 28.9 Å². The lowest BCUT2D eigenvalue weighted by molar-refractivity contribution is -0.145. The zero-order valence-electron chi connectivity index (χ0n) is 24.5. The Hall–Kier alpha value is -4.38. The Morgan fingerprint density at radius 2 is 1.67 bits per heavy atom. The Balaban J connectivity index is 1.52. The largest absolute Gasteiger partial charge is 0.469 e. The van der Waals surface area contributed by atoms with E-state index in [1.807, 2.05) is 19.1 Å². The maximum atomic E-state index is 13.4. The molecule has 4 rings (SSSR count). The first-order valence-electron chi connectivity index (χ1n) is 13.4. The van der Waals surface area contributed by atoms with Gasteiger partial charge in [0, 0.05) is 18.9 Å². The van der Waals surface area contributed by atoms with Crippen molar-refractivity contribution in [1.82, 2.24) is 14.3 Å². The van der Waals surface area contributed by atoms with Crippen molar-refractivity contribution in [3.8, 4) is 11.5 Å². The summed E-state index contributed by atoms with van der Waals surface area (Å²) in [5.41, 5.74) is 2.09. The number of hydrogen-bond acceptors (Lipinski definition) is 8. The lowest BCUT2D eigenvalue weighted by atomic mass is 9.99. The van der Waals surface area contributed by atoms with Gasteiger partial charge in [-0.05, 0) is 82.5 Å². The Kier molecular flexibility index (Phi) is 8.91. The molecule has 0 bridgehead atoms. The van der Waals surface area contributed by atoms with E-state index in [0.717, 1.165) is 11.1 Å². The minimum absolute atomic E-state index is 0.0522. The standard InChI is InChI=1S/C31H35N3O7S/c1-20-7-13-25(14-8-20)42(37,38)34-19-21(2)27-26(15-16-32-28(27)34)40-24-11-9-22(10-12-24)17-23(29(35)39-6)18-33-30(36)41-31(3,4)5/h7-16,19,23H,17-18H2,1-6H3,(H,33,36).